The molecule has 0 saturated carbocycles. The standard InChI is InChI=1S/C21H34N4O/c1-3-12-24-13-9-19(17-24)22-21(26)25-14-10-20(11-15-25)23(2)16-18-7-5-4-6-8-18/h4-8,19-20H,3,9-17H2,1-2H3,(H,22,26). The molecule has 2 heterocycles. The van der Waals surface area contributed by atoms with Crippen LogP contribution in [0.1, 0.15) is 38.2 Å². The third kappa shape index (κ3) is 5.21. The molecule has 2 saturated heterocycles. The number of hydrogen-bond acceptors (Lipinski definition) is 3. The maximum atomic E-state index is 12.6. The molecule has 2 aliphatic heterocycles. The zero-order valence-corrected chi connectivity index (χ0v) is 16.4. The molecule has 26 heavy (non-hydrogen) atoms. The van der Waals surface area contributed by atoms with Crippen LogP contribution < -0.4 is 5.32 Å². The average Bonchev–Trinajstić information content (AvgIpc) is 3.10. The molecule has 3 rings (SSSR count). The normalized spacial score (nSPS) is 22.1. The van der Waals surface area contributed by atoms with Crippen molar-refractivity contribution >= 4 is 6.03 Å². The minimum atomic E-state index is 0.137. The number of nitrogens with zero attached hydrogens (tertiary/aromatic N) is 3. The van der Waals surface area contributed by atoms with Gasteiger partial charge in [-0.05, 0) is 44.8 Å². The zero-order valence-electron chi connectivity index (χ0n) is 16.4. The smallest absolute Gasteiger partial charge is 0.317 e. The molecule has 2 amide bonds. The Morgan fingerprint density at radius 2 is 1.88 bits per heavy atom. The van der Waals surface area contributed by atoms with E-state index in [9.17, 15) is 4.79 Å². The van der Waals surface area contributed by atoms with Crippen molar-refractivity contribution in [1.82, 2.24) is 20.0 Å². The topological polar surface area (TPSA) is 38.8 Å². The van der Waals surface area contributed by atoms with Crippen molar-refractivity contribution in [1.29, 1.82) is 0 Å². The van der Waals surface area contributed by atoms with E-state index in [1.54, 1.807) is 0 Å². The van der Waals surface area contributed by atoms with Crippen LogP contribution in [0.5, 0.6) is 0 Å². The van der Waals surface area contributed by atoms with E-state index >= 15 is 0 Å². The molecule has 2 fully saturated rings. The summed E-state index contributed by atoms with van der Waals surface area (Å²) in [6.45, 7) is 8.19. The van der Waals surface area contributed by atoms with Gasteiger partial charge in [-0.2, -0.15) is 0 Å². The van der Waals surface area contributed by atoms with E-state index in [1.165, 1.54) is 12.0 Å². The van der Waals surface area contributed by atoms with Crippen LogP contribution >= 0.6 is 0 Å². The molecule has 5 nitrogen and oxygen atoms in total. The molecule has 0 radical (unpaired) electrons. The molecule has 2 aliphatic rings. The first-order valence-electron chi connectivity index (χ1n) is 10.2. The summed E-state index contributed by atoms with van der Waals surface area (Å²) in [6.07, 6.45) is 4.39. The molecular formula is C21H34N4O. The summed E-state index contributed by atoms with van der Waals surface area (Å²) in [5, 5.41) is 3.25. The number of benzene rings is 1. The lowest BCUT2D eigenvalue weighted by atomic mass is 10.0. The number of hydrogen-bond donors (Lipinski definition) is 1. The van der Waals surface area contributed by atoms with Crippen molar-refractivity contribution in [3.05, 3.63) is 35.9 Å². The van der Waals surface area contributed by atoms with E-state index in [2.05, 4.69) is 59.4 Å². The monoisotopic (exact) mass is 358 g/mol. The van der Waals surface area contributed by atoms with E-state index in [0.29, 0.717) is 12.1 Å². The van der Waals surface area contributed by atoms with Crippen LogP contribution in [0, 0.1) is 0 Å². The second kappa shape index (κ2) is 9.38. The van der Waals surface area contributed by atoms with Gasteiger partial charge in [0.05, 0.1) is 0 Å². The van der Waals surface area contributed by atoms with Gasteiger partial charge in [-0.25, -0.2) is 4.79 Å². The molecular weight excluding hydrogens is 324 g/mol. The Morgan fingerprint density at radius 3 is 2.58 bits per heavy atom. The van der Waals surface area contributed by atoms with Gasteiger partial charge in [-0.1, -0.05) is 37.3 Å². The molecule has 144 valence electrons. The molecule has 0 spiro atoms. The van der Waals surface area contributed by atoms with Crippen molar-refractivity contribution in [3.8, 4) is 0 Å². The van der Waals surface area contributed by atoms with Crippen LogP contribution in [0.3, 0.4) is 0 Å². The quantitative estimate of drug-likeness (QED) is 0.850. The predicted octanol–water partition coefficient (Wildman–Crippen LogP) is 2.78. The second-order valence-electron chi connectivity index (χ2n) is 7.85. The lowest BCUT2D eigenvalue weighted by Gasteiger charge is -2.37. The molecule has 0 aliphatic carbocycles. The Hall–Kier alpha value is -1.59. The van der Waals surface area contributed by atoms with Crippen LogP contribution in [0.25, 0.3) is 0 Å². The Morgan fingerprint density at radius 1 is 1.15 bits per heavy atom. The summed E-state index contributed by atoms with van der Waals surface area (Å²) in [4.78, 5) is 19.5. The largest absolute Gasteiger partial charge is 0.334 e. The third-order valence-electron chi connectivity index (χ3n) is 5.79. The van der Waals surface area contributed by atoms with Gasteiger partial charge in [0.25, 0.3) is 0 Å². The zero-order chi connectivity index (χ0) is 18.4. The summed E-state index contributed by atoms with van der Waals surface area (Å²) >= 11 is 0. The lowest BCUT2D eigenvalue weighted by molar-refractivity contribution is 0.129. The minimum Gasteiger partial charge on any atom is -0.334 e. The van der Waals surface area contributed by atoms with E-state index in [4.69, 9.17) is 0 Å². The summed E-state index contributed by atoms with van der Waals surface area (Å²) in [5.41, 5.74) is 1.35. The molecule has 5 heteroatoms. The number of carbonyl (C=O) groups excluding carboxylic acids is 1. The van der Waals surface area contributed by atoms with Crippen LogP contribution in [-0.4, -0.2) is 72.6 Å². The van der Waals surface area contributed by atoms with Crippen molar-refractivity contribution < 1.29 is 4.79 Å². The Kier molecular flexibility index (Phi) is 6.92. The summed E-state index contributed by atoms with van der Waals surface area (Å²) in [7, 11) is 2.20. The number of amides is 2. The fourth-order valence-corrected chi connectivity index (χ4v) is 4.25. The number of likely N-dealkylation sites (tertiary alicyclic amines) is 2. The molecule has 1 atom stereocenters. The Bertz CT molecular complexity index is 556. The van der Waals surface area contributed by atoms with Crippen LogP contribution in [0.2, 0.25) is 0 Å². The van der Waals surface area contributed by atoms with E-state index < -0.39 is 0 Å². The van der Waals surface area contributed by atoms with E-state index in [1.807, 2.05) is 4.90 Å². The minimum absolute atomic E-state index is 0.137. The number of carbonyl (C=O) groups is 1. The fourth-order valence-electron chi connectivity index (χ4n) is 4.25. The van der Waals surface area contributed by atoms with E-state index in [0.717, 1.165) is 58.5 Å². The Balaban J connectivity index is 1.40. The fraction of sp³-hybridized carbons (Fsp3) is 0.667. The summed E-state index contributed by atoms with van der Waals surface area (Å²) in [5.74, 6) is 0. The van der Waals surface area contributed by atoms with Gasteiger partial charge in [-0.15, -0.1) is 0 Å². The molecule has 0 bridgehead atoms. The van der Waals surface area contributed by atoms with Gasteiger partial charge in [0, 0.05) is 44.8 Å². The number of rotatable bonds is 6. The first kappa shape index (κ1) is 19.2. The van der Waals surface area contributed by atoms with Gasteiger partial charge >= 0.3 is 6.03 Å². The Labute approximate surface area is 158 Å². The highest BCUT2D eigenvalue weighted by Crippen LogP contribution is 2.18. The van der Waals surface area contributed by atoms with Gasteiger partial charge < -0.3 is 15.1 Å². The highest BCUT2D eigenvalue weighted by molar-refractivity contribution is 5.74. The van der Waals surface area contributed by atoms with Crippen molar-refractivity contribution in [2.75, 3.05) is 39.8 Å². The van der Waals surface area contributed by atoms with Gasteiger partial charge in [0.15, 0.2) is 0 Å². The number of piperidine rings is 1. The molecule has 1 unspecified atom stereocenters. The van der Waals surface area contributed by atoms with Gasteiger partial charge in [0.2, 0.25) is 0 Å². The summed E-state index contributed by atoms with van der Waals surface area (Å²) < 4.78 is 0. The predicted molar refractivity (Wildman–Crippen MR) is 106 cm³/mol. The van der Waals surface area contributed by atoms with Crippen molar-refractivity contribution in [2.24, 2.45) is 0 Å². The van der Waals surface area contributed by atoms with Crippen LogP contribution in [-0.2, 0) is 6.54 Å². The highest BCUT2D eigenvalue weighted by Gasteiger charge is 2.28. The van der Waals surface area contributed by atoms with Crippen LogP contribution in [0.4, 0.5) is 4.79 Å². The SMILES string of the molecule is CCCN1CCC(NC(=O)N2CCC(N(C)Cc3ccccc3)CC2)C1. The van der Waals surface area contributed by atoms with Gasteiger partial charge in [-0.3, -0.25) is 4.90 Å². The van der Waals surface area contributed by atoms with Crippen molar-refractivity contribution in [3.63, 3.8) is 0 Å². The van der Waals surface area contributed by atoms with E-state index in [-0.39, 0.29) is 6.03 Å². The first-order valence-corrected chi connectivity index (χ1v) is 10.2. The first-order chi connectivity index (χ1) is 12.7. The molecule has 1 aromatic rings. The highest BCUT2D eigenvalue weighted by atomic mass is 16.2. The number of urea groups is 1. The summed E-state index contributed by atoms with van der Waals surface area (Å²) in [6, 6.07) is 11.6. The second-order valence-corrected chi connectivity index (χ2v) is 7.85. The van der Waals surface area contributed by atoms with Crippen LogP contribution in [0.15, 0.2) is 30.3 Å². The average molecular weight is 359 g/mol. The molecule has 0 aromatic heterocycles. The maximum Gasteiger partial charge on any atom is 0.317 e. The van der Waals surface area contributed by atoms with Gasteiger partial charge in [0.1, 0.15) is 0 Å². The molecule has 1 N–H and O–H groups in total. The maximum absolute atomic E-state index is 12.6. The lowest BCUT2D eigenvalue weighted by Crippen LogP contribution is -2.51. The third-order valence-corrected chi connectivity index (χ3v) is 5.79. The number of nitrogens with one attached hydrogen (secondary N) is 1. The molecule has 1 aromatic carbocycles. The van der Waals surface area contributed by atoms with Crippen molar-refractivity contribution in [2.45, 2.75) is 51.2 Å².